The van der Waals surface area contributed by atoms with E-state index in [0.717, 1.165) is 42.6 Å². The van der Waals surface area contributed by atoms with Crippen LogP contribution in [0.5, 0.6) is 0 Å². The van der Waals surface area contributed by atoms with Gasteiger partial charge < -0.3 is 5.32 Å². The van der Waals surface area contributed by atoms with Crippen LogP contribution in [0.2, 0.25) is 0 Å². The Bertz CT molecular complexity index is 733. The molecule has 0 aromatic heterocycles. The molecule has 3 nitrogen and oxygen atoms in total. The van der Waals surface area contributed by atoms with Crippen molar-refractivity contribution in [3.8, 4) is 0 Å². The molecule has 0 radical (unpaired) electrons. The van der Waals surface area contributed by atoms with Gasteiger partial charge in [0.1, 0.15) is 0 Å². The number of fused-ring (bicyclic) bond motifs is 2. The number of anilines is 1. The van der Waals surface area contributed by atoms with Gasteiger partial charge in [-0.1, -0.05) is 40.2 Å². The largest absolute Gasteiger partial charge is 0.325 e. The van der Waals surface area contributed by atoms with Gasteiger partial charge in [-0.15, -0.1) is 0 Å². The first-order valence-corrected chi connectivity index (χ1v) is 8.84. The highest BCUT2D eigenvalue weighted by molar-refractivity contribution is 9.10. The van der Waals surface area contributed by atoms with E-state index >= 15 is 0 Å². The highest BCUT2D eigenvalue weighted by Crippen LogP contribution is 2.42. The Morgan fingerprint density at radius 2 is 1.74 bits per heavy atom. The summed E-state index contributed by atoms with van der Waals surface area (Å²) in [6.45, 7) is 2.94. The van der Waals surface area contributed by atoms with Crippen LogP contribution in [0.3, 0.4) is 0 Å². The monoisotopic (exact) mass is 370 g/mol. The summed E-state index contributed by atoms with van der Waals surface area (Å²) < 4.78 is 1.02. The van der Waals surface area contributed by atoms with Crippen LogP contribution in [0.1, 0.15) is 24.0 Å². The smallest absolute Gasteiger partial charge is 0.235 e. The second kappa shape index (κ2) is 5.77. The molecular weight excluding hydrogens is 352 g/mol. The molecule has 3 aliphatic rings. The molecule has 0 aliphatic carbocycles. The van der Waals surface area contributed by atoms with Crippen LogP contribution < -0.4 is 5.32 Å². The zero-order valence-electron chi connectivity index (χ0n) is 12.9. The van der Waals surface area contributed by atoms with Crippen molar-refractivity contribution in [1.29, 1.82) is 0 Å². The summed E-state index contributed by atoms with van der Waals surface area (Å²) in [5.41, 5.74) is 2.98. The zero-order valence-corrected chi connectivity index (χ0v) is 14.5. The SMILES string of the molecule is O=C(Nc1ccc(Br)cc1)C12CCN(CC1)Cc1ccccc12. The number of hydrogen-bond acceptors (Lipinski definition) is 2. The maximum absolute atomic E-state index is 13.2. The van der Waals surface area contributed by atoms with Crippen LogP contribution in [0.25, 0.3) is 0 Å². The Hall–Kier alpha value is -1.65. The van der Waals surface area contributed by atoms with E-state index in [0.29, 0.717) is 0 Å². The van der Waals surface area contributed by atoms with Crippen molar-refractivity contribution in [1.82, 2.24) is 4.90 Å². The van der Waals surface area contributed by atoms with Crippen molar-refractivity contribution in [2.24, 2.45) is 0 Å². The molecule has 2 bridgehead atoms. The minimum Gasteiger partial charge on any atom is -0.325 e. The van der Waals surface area contributed by atoms with Crippen LogP contribution in [0.4, 0.5) is 5.69 Å². The number of carbonyl (C=O) groups excluding carboxylic acids is 1. The lowest BCUT2D eigenvalue weighted by Gasteiger charge is -2.37. The molecule has 0 saturated carbocycles. The molecule has 2 aromatic rings. The maximum Gasteiger partial charge on any atom is 0.235 e. The highest BCUT2D eigenvalue weighted by Gasteiger charge is 2.46. The summed E-state index contributed by atoms with van der Waals surface area (Å²) in [5.74, 6) is 0.133. The minimum absolute atomic E-state index is 0.133. The first-order valence-electron chi connectivity index (χ1n) is 8.05. The van der Waals surface area contributed by atoms with Crippen molar-refractivity contribution in [2.45, 2.75) is 24.8 Å². The maximum atomic E-state index is 13.2. The van der Waals surface area contributed by atoms with Crippen LogP contribution in [-0.2, 0) is 16.8 Å². The Morgan fingerprint density at radius 1 is 1.04 bits per heavy atom. The zero-order chi connectivity index (χ0) is 15.9. The number of halogens is 1. The van der Waals surface area contributed by atoms with Gasteiger partial charge in [0, 0.05) is 16.7 Å². The number of benzene rings is 2. The van der Waals surface area contributed by atoms with Gasteiger partial charge in [-0.05, 0) is 61.3 Å². The molecule has 1 amide bonds. The van der Waals surface area contributed by atoms with Gasteiger partial charge in [-0.2, -0.15) is 0 Å². The van der Waals surface area contributed by atoms with Crippen molar-refractivity contribution >= 4 is 27.5 Å². The summed E-state index contributed by atoms with van der Waals surface area (Å²) >= 11 is 3.43. The van der Waals surface area contributed by atoms with Crippen molar-refractivity contribution in [3.05, 3.63) is 64.1 Å². The fraction of sp³-hybridized carbons (Fsp3) is 0.316. The Morgan fingerprint density at radius 3 is 2.48 bits per heavy atom. The van der Waals surface area contributed by atoms with Crippen LogP contribution in [0, 0.1) is 0 Å². The molecule has 118 valence electrons. The van der Waals surface area contributed by atoms with Gasteiger partial charge in [0.05, 0.1) is 5.41 Å². The molecule has 2 aromatic carbocycles. The van der Waals surface area contributed by atoms with E-state index in [9.17, 15) is 4.79 Å². The quantitative estimate of drug-likeness (QED) is 0.868. The number of amides is 1. The average Bonchev–Trinajstić information content (AvgIpc) is 2.84. The number of rotatable bonds is 2. The fourth-order valence-electron chi connectivity index (χ4n) is 3.86. The van der Waals surface area contributed by atoms with Crippen molar-refractivity contribution in [3.63, 3.8) is 0 Å². The third-order valence-corrected chi connectivity index (χ3v) is 5.70. The Labute approximate surface area is 144 Å². The molecule has 23 heavy (non-hydrogen) atoms. The molecule has 0 atom stereocenters. The second-order valence-corrected chi connectivity index (χ2v) is 7.39. The predicted molar refractivity (Wildman–Crippen MR) is 95.4 cm³/mol. The molecular formula is C19H19BrN2O. The van der Waals surface area contributed by atoms with Crippen LogP contribution >= 0.6 is 15.9 Å². The van der Waals surface area contributed by atoms with E-state index in [1.54, 1.807) is 0 Å². The van der Waals surface area contributed by atoms with Gasteiger partial charge in [0.25, 0.3) is 0 Å². The third kappa shape index (κ3) is 2.60. The Kier molecular flexibility index (Phi) is 3.74. The number of carbonyl (C=O) groups is 1. The van der Waals surface area contributed by atoms with E-state index in [1.807, 2.05) is 24.3 Å². The Balaban J connectivity index is 1.70. The molecule has 3 aliphatic heterocycles. The summed E-state index contributed by atoms with van der Waals surface area (Å²) in [6.07, 6.45) is 1.79. The molecule has 1 fully saturated rings. The van der Waals surface area contributed by atoms with Gasteiger partial charge in [-0.3, -0.25) is 9.69 Å². The lowest BCUT2D eigenvalue weighted by atomic mass is 9.72. The van der Waals surface area contributed by atoms with E-state index in [-0.39, 0.29) is 5.91 Å². The molecule has 1 saturated heterocycles. The number of nitrogens with one attached hydrogen (secondary N) is 1. The highest BCUT2D eigenvalue weighted by atomic mass is 79.9. The van der Waals surface area contributed by atoms with Gasteiger partial charge >= 0.3 is 0 Å². The van der Waals surface area contributed by atoms with Crippen molar-refractivity contribution < 1.29 is 4.79 Å². The first kappa shape index (κ1) is 14.9. The average molecular weight is 371 g/mol. The van der Waals surface area contributed by atoms with Gasteiger partial charge in [0.2, 0.25) is 5.91 Å². The van der Waals surface area contributed by atoms with Gasteiger partial charge in [-0.25, -0.2) is 0 Å². The van der Waals surface area contributed by atoms with Crippen molar-refractivity contribution in [2.75, 3.05) is 18.4 Å². The van der Waals surface area contributed by atoms with E-state index < -0.39 is 5.41 Å². The minimum atomic E-state index is -0.392. The van der Waals surface area contributed by atoms with Crippen LogP contribution in [-0.4, -0.2) is 23.9 Å². The fourth-order valence-corrected chi connectivity index (χ4v) is 4.13. The summed E-state index contributed by atoms with van der Waals surface area (Å²) in [4.78, 5) is 15.7. The number of piperidine rings is 1. The second-order valence-electron chi connectivity index (χ2n) is 6.48. The van der Waals surface area contributed by atoms with E-state index in [4.69, 9.17) is 0 Å². The summed E-state index contributed by atoms with van der Waals surface area (Å²) in [6, 6.07) is 16.2. The van der Waals surface area contributed by atoms with E-state index in [2.05, 4.69) is 50.4 Å². The summed E-state index contributed by atoms with van der Waals surface area (Å²) in [5, 5.41) is 3.15. The molecule has 5 rings (SSSR count). The first-order chi connectivity index (χ1) is 11.2. The molecule has 1 N–H and O–H groups in total. The molecule has 0 spiro atoms. The number of hydrogen-bond donors (Lipinski definition) is 1. The summed E-state index contributed by atoms with van der Waals surface area (Å²) in [7, 11) is 0. The van der Waals surface area contributed by atoms with Crippen LogP contribution in [0.15, 0.2) is 53.0 Å². The number of nitrogens with zero attached hydrogens (tertiary/aromatic N) is 1. The lowest BCUT2D eigenvalue weighted by Crippen LogP contribution is -2.47. The van der Waals surface area contributed by atoms with Gasteiger partial charge in [0.15, 0.2) is 0 Å². The lowest BCUT2D eigenvalue weighted by molar-refractivity contribution is -0.123. The third-order valence-electron chi connectivity index (χ3n) is 5.17. The molecule has 0 unspecified atom stereocenters. The standard InChI is InChI=1S/C19H19BrN2O/c20-15-5-7-16(8-6-15)21-18(23)19-9-11-22(12-10-19)13-14-3-1-2-4-17(14)19/h1-8H,9-13H2,(H,21,23). The van der Waals surface area contributed by atoms with E-state index in [1.165, 1.54) is 11.1 Å². The topological polar surface area (TPSA) is 32.3 Å². The molecule has 3 heterocycles. The normalized spacial score (nSPS) is 25.5. The predicted octanol–water partition coefficient (Wildman–Crippen LogP) is 3.94. The molecule has 4 heteroatoms.